The van der Waals surface area contributed by atoms with Crippen LogP contribution in [-0.4, -0.2) is 23.3 Å². The summed E-state index contributed by atoms with van der Waals surface area (Å²) < 4.78 is 0. The van der Waals surface area contributed by atoms with Gasteiger partial charge in [-0.3, -0.25) is 14.5 Å². The second kappa shape index (κ2) is 4.33. The van der Waals surface area contributed by atoms with Crippen LogP contribution in [0.5, 0.6) is 0 Å². The van der Waals surface area contributed by atoms with Crippen molar-refractivity contribution in [3.05, 3.63) is 0 Å². The first kappa shape index (κ1) is 12.7. The van der Waals surface area contributed by atoms with E-state index >= 15 is 0 Å². The molecule has 1 saturated heterocycles. The molecule has 102 valence electrons. The third kappa shape index (κ3) is 1.96. The molecule has 0 spiro atoms. The van der Waals surface area contributed by atoms with Gasteiger partial charge in [0.25, 0.3) is 0 Å². The zero-order chi connectivity index (χ0) is 13.6. The highest BCUT2D eigenvalue weighted by Crippen LogP contribution is 2.51. The summed E-state index contributed by atoms with van der Waals surface area (Å²) in [4.78, 5) is 26.3. The number of nitrogens with zero attached hydrogens (tertiary/aromatic N) is 2. The van der Waals surface area contributed by atoms with E-state index in [9.17, 15) is 9.59 Å². The predicted molar refractivity (Wildman–Crippen MR) is 68.6 cm³/mol. The van der Waals surface area contributed by atoms with E-state index in [1.807, 2.05) is 0 Å². The standard InChI is InChI=1S/C15H20N2O2/c1-2-10-7-11-12(8-10)14(19)17(13(11)18)9-15(3-4-15)5-6-16/h10-12H,2-5,7-9H2,1H3. The fourth-order valence-corrected chi connectivity index (χ4v) is 3.76. The molecule has 1 aliphatic heterocycles. The number of hydrogen-bond acceptors (Lipinski definition) is 3. The Bertz CT molecular complexity index is 437. The Kier molecular flexibility index (Phi) is 2.88. The Labute approximate surface area is 113 Å². The Morgan fingerprint density at radius 2 is 1.84 bits per heavy atom. The van der Waals surface area contributed by atoms with Crippen LogP contribution in [0.25, 0.3) is 0 Å². The molecule has 3 fully saturated rings. The van der Waals surface area contributed by atoms with Gasteiger partial charge >= 0.3 is 0 Å². The fourth-order valence-electron chi connectivity index (χ4n) is 3.76. The Morgan fingerprint density at radius 3 is 2.26 bits per heavy atom. The molecule has 0 aromatic rings. The molecule has 0 aromatic carbocycles. The third-order valence-electron chi connectivity index (χ3n) is 5.31. The number of amides is 2. The number of carbonyl (C=O) groups excluding carboxylic acids is 2. The van der Waals surface area contributed by atoms with Crippen molar-refractivity contribution in [3.63, 3.8) is 0 Å². The molecule has 0 radical (unpaired) electrons. The van der Waals surface area contributed by atoms with Gasteiger partial charge in [0.2, 0.25) is 11.8 Å². The van der Waals surface area contributed by atoms with E-state index in [0.717, 1.165) is 32.1 Å². The summed E-state index contributed by atoms with van der Waals surface area (Å²) in [5, 5.41) is 8.84. The van der Waals surface area contributed by atoms with Gasteiger partial charge in [0.05, 0.1) is 17.9 Å². The van der Waals surface area contributed by atoms with Crippen molar-refractivity contribution >= 4 is 11.8 Å². The number of carbonyl (C=O) groups is 2. The average molecular weight is 260 g/mol. The molecule has 0 N–H and O–H groups in total. The Balaban J connectivity index is 1.71. The predicted octanol–water partition coefficient (Wildman–Crippen LogP) is 2.10. The van der Waals surface area contributed by atoms with Crippen LogP contribution in [0.15, 0.2) is 0 Å². The van der Waals surface area contributed by atoms with Crippen molar-refractivity contribution in [2.24, 2.45) is 23.2 Å². The van der Waals surface area contributed by atoms with E-state index in [-0.39, 0.29) is 29.1 Å². The van der Waals surface area contributed by atoms with E-state index in [2.05, 4.69) is 13.0 Å². The minimum atomic E-state index is -0.0666. The zero-order valence-corrected chi connectivity index (χ0v) is 11.4. The number of fused-ring (bicyclic) bond motifs is 1. The minimum absolute atomic E-state index is 0.0372. The summed E-state index contributed by atoms with van der Waals surface area (Å²) in [5.74, 6) is 0.495. The van der Waals surface area contributed by atoms with Gasteiger partial charge in [-0.05, 0) is 31.6 Å². The number of rotatable bonds is 4. The maximum Gasteiger partial charge on any atom is 0.233 e. The summed E-state index contributed by atoms with van der Waals surface area (Å²) in [6, 6.07) is 2.19. The molecule has 1 heterocycles. The van der Waals surface area contributed by atoms with Gasteiger partial charge in [0.1, 0.15) is 0 Å². The lowest BCUT2D eigenvalue weighted by Crippen LogP contribution is -2.37. The second-order valence-electron chi connectivity index (χ2n) is 6.56. The highest BCUT2D eigenvalue weighted by Gasteiger charge is 2.55. The van der Waals surface area contributed by atoms with E-state index in [0.29, 0.717) is 18.9 Å². The van der Waals surface area contributed by atoms with Crippen molar-refractivity contribution in [2.45, 2.75) is 45.4 Å². The molecule has 2 aliphatic carbocycles. The van der Waals surface area contributed by atoms with Crippen LogP contribution in [0.1, 0.15) is 45.4 Å². The summed E-state index contributed by atoms with van der Waals surface area (Å²) in [7, 11) is 0. The molecule has 2 saturated carbocycles. The lowest BCUT2D eigenvalue weighted by atomic mass is 10.00. The van der Waals surface area contributed by atoms with E-state index in [1.165, 1.54) is 4.90 Å². The fraction of sp³-hybridized carbons (Fsp3) is 0.800. The molecule has 2 unspecified atom stereocenters. The molecule has 0 bridgehead atoms. The molecular formula is C15H20N2O2. The maximum absolute atomic E-state index is 12.4. The van der Waals surface area contributed by atoms with Crippen LogP contribution >= 0.6 is 0 Å². The van der Waals surface area contributed by atoms with Crippen LogP contribution in [0.2, 0.25) is 0 Å². The van der Waals surface area contributed by atoms with Gasteiger partial charge in [0, 0.05) is 18.4 Å². The molecule has 2 amide bonds. The van der Waals surface area contributed by atoms with E-state index in [1.54, 1.807) is 0 Å². The minimum Gasteiger partial charge on any atom is -0.282 e. The summed E-state index contributed by atoms with van der Waals surface area (Å²) in [6.07, 6.45) is 5.25. The highest BCUT2D eigenvalue weighted by atomic mass is 16.2. The van der Waals surface area contributed by atoms with Crippen molar-refractivity contribution in [1.29, 1.82) is 5.26 Å². The average Bonchev–Trinajstić information content (AvgIpc) is 2.96. The van der Waals surface area contributed by atoms with Gasteiger partial charge in [0.15, 0.2) is 0 Å². The first-order valence-corrected chi connectivity index (χ1v) is 7.32. The number of nitriles is 1. The summed E-state index contributed by atoms with van der Waals surface area (Å²) >= 11 is 0. The van der Waals surface area contributed by atoms with Crippen molar-refractivity contribution in [3.8, 4) is 6.07 Å². The van der Waals surface area contributed by atoms with Crippen LogP contribution in [0, 0.1) is 34.5 Å². The molecule has 3 aliphatic rings. The molecule has 3 rings (SSSR count). The Morgan fingerprint density at radius 1 is 1.26 bits per heavy atom. The van der Waals surface area contributed by atoms with Crippen molar-refractivity contribution in [1.82, 2.24) is 4.90 Å². The first-order valence-electron chi connectivity index (χ1n) is 7.32. The van der Waals surface area contributed by atoms with Crippen LogP contribution in [0.4, 0.5) is 0 Å². The highest BCUT2D eigenvalue weighted by molar-refractivity contribution is 6.05. The van der Waals surface area contributed by atoms with Gasteiger partial charge < -0.3 is 0 Å². The van der Waals surface area contributed by atoms with Gasteiger partial charge in [-0.2, -0.15) is 5.26 Å². The van der Waals surface area contributed by atoms with Crippen LogP contribution in [0.3, 0.4) is 0 Å². The number of hydrogen-bond donors (Lipinski definition) is 0. The van der Waals surface area contributed by atoms with E-state index < -0.39 is 0 Å². The van der Waals surface area contributed by atoms with Gasteiger partial charge in [-0.1, -0.05) is 13.3 Å². The summed E-state index contributed by atoms with van der Waals surface area (Å²) in [5.41, 5.74) is -0.0666. The molecule has 0 aromatic heterocycles. The molecule has 4 nitrogen and oxygen atoms in total. The molecule has 2 atom stereocenters. The monoisotopic (exact) mass is 260 g/mol. The first-order chi connectivity index (χ1) is 9.10. The SMILES string of the molecule is CCC1CC2C(=O)N(CC3(CC#N)CC3)C(=O)C2C1. The summed E-state index contributed by atoms with van der Waals surface area (Å²) in [6.45, 7) is 2.62. The van der Waals surface area contributed by atoms with Crippen LogP contribution in [-0.2, 0) is 9.59 Å². The normalized spacial score (nSPS) is 35.4. The quantitative estimate of drug-likeness (QED) is 0.727. The third-order valence-corrected chi connectivity index (χ3v) is 5.31. The lowest BCUT2D eigenvalue weighted by molar-refractivity contribution is -0.141. The zero-order valence-electron chi connectivity index (χ0n) is 11.4. The number of likely N-dealkylation sites (tertiary alicyclic amines) is 1. The largest absolute Gasteiger partial charge is 0.282 e. The van der Waals surface area contributed by atoms with Crippen molar-refractivity contribution < 1.29 is 9.59 Å². The topological polar surface area (TPSA) is 61.2 Å². The second-order valence-corrected chi connectivity index (χ2v) is 6.56. The molecule has 19 heavy (non-hydrogen) atoms. The number of imide groups is 1. The lowest BCUT2D eigenvalue weighted by Gasteiger charge is -2.22. The Hall–Kier alpha value is -1.37. The smallest absolute Gasteiger partial charge is 0.233 e. The van der Waals surface area contributed by atoms with Crippen LogP contribution < -0.4 is 0 Å². The van der Waals surface area contributed by atoms with Gasteiger partial charge in [-0.25, -0.2) is 0 Å². The van der Waals surface area contributed by atoms with Crippen molar-refractivity contribution in [2.75, 3.05) is 6.54 Å². The maximum atomic E-state index is 12.4. The molecular weight excluding hydrogens is 240 g/mol. The van der Waals surface area contributed by atoms with E-state index in [4.69, 9.17) is 5.26 Å². The van der Waals surface area contributed by atoms with Gasteiger partial charge in [-0.15, -0.1) is 0 Å². The molecule has 4 heteroatoms.